The fraction of sp³-hybridized carbons (Fsp3) is 0.150. The highest BCUT2D eigenvalue weighted by molar-refractivity contribution is 6.31. The van der Waals surface area contributed by atoms with Gasteiger partial charge in [0.05, 0.1) is 12.7 Å². The molecule has 2 N–H and O–H groups in total. The maximum absolute atomic E-state index is 13.0. The predicted molar refractivity (Wildman–Crippen MR) is 107 cm³/mol. The summed E-state index contributed by atoms with van der Waals surface area (Å²) in [6.07, 6.45) is 1.66. The molecule has 3 aromatic rings. The van der Waals surface area contributed by atoms with Gasteiger partial charge in [-0.15, -0.1) is 0 Å². The maximum atomic E-state index is 13.0. The van der Waals surface area contributed by atoms with Crippen LogP contribution in [0.1, 0.15) is 23.1 Å². The number of nitrogens with zero attached hydrogens (tertiary/aromatic N) is 2. The van der Waals surface area contributed by atoms with E-state index in [1.165, 1.54) is 0 Å². The minimum atomic E-state index is -1.13. The van der Waals surface area contributed by atoms with Gasteiger partial charge in [0.15, 0.2) is 0 Å². The van der Waals surface area contributed by atoms with Gasteiger partial charge in [-0.1, -0.05) is 35.3 Å². The van der Waals surface area contributed by atoms with Crippen molar-refractivity contribution in [2.24, 2.45) is 0 Å². The number of carbonyl (C=O) groups is 2. The SMILES string of the molecule is O=C1CC2(C(=O)Nc3ccc(Cl)cc32)c2cnn(Cc3ccc(Cl)cc3)c2N1. The zero-order valence-electron chi connectivity index (χ0n) is 14.5. The van der Waals surface area contributed by atoms with Gasteiger partial charge >= 0.3 is 0 Å². The molecule has 5 rings (SSSR count). The Morgan fingerprint density at radius 3 is 2.54 bits per heavy atom. The van der Waals surface area contributed by atoms with Crippen LogP contribution in [0, 0.1) is 0 Å². The van der Waals surface area contributed by atoms with Crippen molar-refractivity contribution in [1.82, 2.24) is 9.78 Å². The van der Waals surface area contributed by atoms with Gasteiger partial charge in [-0.25, -0.2) is 4.68 Å². The van der Waals surface area contributed by atoms with Gasteiger partial charge in [0.25, 0.3) is 0 Å². The van der Waals surface area contributed by atoms with Crippen molar-refractivity contribution in [3.05, 3.63) is 75.4 Å². The van der Waals surface area contributed by atoms with Crippen molar-refractivity contribution in [1.29, 1.82) is 0 Å². The van der Waals surface area contributed by atoms with Crippen LogP contribution in [-0.4, -0.2) is 21.6 Å². The largest absolute Gasteiger partial charge is 0.325 e. The molecular weight excluding hydrogens is 399 g/mol. The molecule has 8 heteroatoms. The molecule has 0 fully saturated rings. The molecule has 2 aromatic carbocycles. The number of rotatable bonds is 2. The number of halogens is 2. The average molecular weight is 413 g/mol. The van der Waals surface area contributed by atoms with E-state index >= 15 is 0 Å². The third-order valence-corrected chi connectivity index (χ3v) is 5.79. The lowest BCUT2D eigenvalue weighted by molar-refractivity contribution is -0.125. The number of nitrogens with one attached hydrogen (secondary N) is 2. The van der Waals surface area contributed by atoms with E-state index in [-0.39, 0.29) is 18.2 Å². The lowest BCUT2D eigenvalue weighted by Crippen LogP contribution is -2.43. The molecule has 0 bridgehead atoms. The second kappa shape index (κ2) is 6.09. The summed E-state index contributed by atoms with van der Waals surface area (Å²) in [5, 5.41) is 11.4. The predicted octanol–water partition coefficient (Wildman–Crippen LogP) is 3.82. The molecule has 2 aliphatic heterocycles. The number of benzene rings is 2. The van der Waals surface area contributed by atoms with Crippen molar-refractivity contribution in [2.45, 2.75) is 18.4 Å². The first-order valence-electron chi connectivity index (χ1n) is 8.69. The van der Waals surface area contributed by atoms with Gasteiger partial charge in [-0.3, -0.25) is 9.59 Å². The highest BCUT2D eigenvalue weighted by Crippen LogP contribution is 2.50. The van der Waals surface area contributed by atoms with Gasteiger partial charge < -0.3 is 10.6 Å². The van der Waals surface area contributed by atoms with Crippen LogP contribution in [0.15, 0.2) is 48.7 Å². The van der Waals surface area contributed by atoms with E-state index in [9.17, 15) is 9.59 Å². The average Bonchev–Trinajstić information content (AvgIpc) is 3.18. The van der Waals surface area contributed by atoms with Crippen LogP contribution < -0.4 is 10.6 Å². The molecule has 0 saturated heterocycles. The van der Waals surface area contributed by atoms with E-state index in [0.29, 0.717) is 39.2 Å². The fourth-order valence-electron chi connectivity index (χ4n) is 4.00. The first-order chi connectivity index (χ1) is 13.5. The van der Waals surface area contributed by atoms with E-state index in [0.717, 1.165) is 5.56 Å². The van der Waals surface area contributed by atoms with Crippen molar-refractivity contribution < 1.29 is 9.59 Å². The maximum Gasteiger partial charge on any atom is 0.240 e. The lowest BCUT2D eigenvalue weighted by atomic mass is 9.72. The smallest absolute Gasteiger partial charge is 0.240 e. The number of hydrogen-bond donors (Lipinski definition) is 2. The normalized spacial score (nSPS) is 19.9. The van der Waals surface area contributed by atoms with Gasteiger partial charge in [0.1, 0.15) is 11.2 Å². The molecule has 1 atom stereocenters. The topological polar surface area (TPSA) is 76.0 Å². The summed E-state index contributed by atoms with van der Waals surface area (Å²) in [7, 11) is 0. The van der Waals surface area contributed by atoms with Crippen LogP contribution in [0.5, 0.6) is 0 Å². The van der Waals surface area contributed by atoms with E-state index < -0.39 is 5.41 Å². The number of anilines is 2. The molecule has 3 heterocycles. The summed E-state index contributed by atoms with van der Waals surface area (Å²) < 4.78 is 1.69. The monoisotopic (exact) mass is 412 g/mol. The van der Waals surface area contributed by atoms with Gasteiger partial charge in [-0.05, 0) is 41.5 Å². The van der Waals surface area contributed by atoms with Crippen molar-refractivity contribution in [3.8, 4) is 0 Å². The molecule has 6 nitrogen and oxygen atoms in total. The Hall–Kier alpha value is -2.83. The third kappa shape index (κ3) is 2.45. The van der Waals surface area contributed by atoms with Gasteiger partial charge in [0, 0.05) is 27.7 Å². The summed E-state index contributed by atoms with van der Waals surface area (Å²) in [6, 6.07) is 12.6. The molecular formula is C20H14Cl2N4O2. The highest BCUT2D eigenvalue weighted by atomic mass is 35.5. The Morgan fingerprint density at radius 1 is 1.00 bits per heavy atom. The van der Waals surface area contributed by atoms with Crippen LogP contribution in [0.4, 0.5) is 11.5 Å². The first-order valence-corrected chi connectivity index (χ1v) is 9.45. The third-order valence-electron chi connectivity index (χ3n) is 5.31. The highest BCUT2D eigenvalue weighted by Gasteiger charge is 2.54. The number of amides is 2. The number of hydrogen-bond acceptors (Lipinski definition) is 3. The molecule has 2 amide bonds. The Kier molecular flexibility index (Phi) is 3.76. The lowest BCUT2D eigenvalue weighted by Gasteiger charge is -2.31. The van der Waals surface area contributed by atoms with Crippen molar-refractivity contribution >= 4 is 46.5 Å². The van der Waals surface area contributed by atoms with Crippen LogP contribution >= 0.6 is 23.2 Å². The van der Waals surface area contributed by atoms with Crippen LogP contribution in [0.25, 0.3) is 0 Å². The molecule has 28 heavy (non-hydrogen) atoms. The van der Waals surface area contributed by atoms with E-state index in [2.05, 4.69) is 15.7 Å². The minimum absolute atomic E-state index is 0.00577. The summed E-state index contributed by atoms with van der Waals surface area (Å²) in [5.74, 6) is 0.0365. The number of fused-ring (bicyclic) bond motifs is 4. The summed E-state index contributed by atoms with van der Waals surface area (Å²) in [4.78, 5) is 25.6. The molecule has 140 valence electrons. The Labute approximate surface area is 170 Å². The quantitative estimate of drug-likeness (QED) is 0.671. The van der Waals surface area contributed by atoms with E-state index in [1.807, 2.05) is 12.1 Å². The minimum Gasteiger partial charge on any atom is -0.325 e. The molecule has 0 aliphatic carbocycles. The molecule has 2 aliphatic rings. The second-order valence-electron chi connectivity index (χ2n) is 6.97. The number of aromatic nitrogens is 2. The zero-order valence-corrected chi connectivity index (χ0v) is 16.0. The Morgan fingerprint density at radius 2 is 1.75 bits per heavy atom. The van der Waals surface area contributed by atoms with Crippen LogP contribution in [0.2, 0.25) is 10.0 Å². The van der Waals surface area contributed by atoms with E-state index in [1.54, 1.807) is 41.2 Å². The fourth-order valence-corrected chi connectivity index (χ4v) is 4.30. The van der Waals surface area contributed by atoms with Gasteiger partial charge in [0.2, 0.25) is 11.8 Å². The van der Waals surface area contributed by atoms with Crippen LogP contribution in [0.3, 0.4) is 0 Å². The van der Waals surface area contributed by atoms with Crippen LogP contribution in [-0.2, 0) is 21.5 Å². The summed E-state index contributed by atoms with van der Waals surface area (Å²) >= 11 is 12.1. The number of carbonyl (C=O) groups excluding carboxylic acids is 2. The molecule has 0 radical (unpaired) electrons. The second-order valence-corrected chi connectivity index (χ2v) is 7.84. The Balaban J connectivity index is 1.65. The van der Waals surface area contributed by atoms with Gasteiger partial charge in [-0.2, -0.15) is 5.10 Å². The van der Waals surface area contributed by atoms with Crippen molar-refractivity contribution in [3.63, 3.8) is 0 Å². The molecule has 0 saturated carbocycles. The first kappa shape index (κ1) is 17.3. The Bertz CT molecular complexity index is 1140. The standard InChI is InChI=1S/C20H14Cl2N4O2/c21-12-3-1-11(2-4-12)10-26-18-15(9-23-26)20(8-17(27)25-18)14-7-13(22)5-6-16(14)24-19(20)28/h1-7,9H,8,10H2,(H,24,28)(H,25,27). The molecule has 1 unspecified atom stereocenters. The molecule has 1 aromatic heterocycles. The zero-order chi connectivity index (χ0) is 19.5. The van der Waals surface area contributed by atoms with E-state index in [4.69, 9.17) is 23.2 Å². The van der Waals surface area contributed by atoms with Crippen molar-refractivity contribution in [2.75, 3.05) is 10.6 Å². The summed E-state index contributed by atoms with van der Waals surface area (Å²) in [5.41, 5.74) is 1.88. The molecule has 1 spiro atoms. The summed E-state index contributed by atoms with van der Waals surface area (Å²) in [6.45, 7) is 0.437.